The molecule has 0 atom stereocenters. The Bertz CT molecular complexity index is 1240. The molecule has 1 fully saturated rings. The van der Waals surface area contributed by atoms with Gasteiger partial charge in [-0.1, -0.05) is 12.7 Å². The second-order valence-corrected chi connectivity index (χ2v) is 8.04. The predicted octanol–water partition coefficient (Wildman–Crippen LogP) is 4.11. The van der Waals surface area contributed by atoms with Gasteiger partial charge in [0.05, 0.1) is 17.4 Å². The molecule has 0 unspecified atom stereocenters. The monoisotopic (exact) mass is 534 g/mol. The first-order chi connectivity index (χ1) is 17.3. The standard InChI is InChI=1S/C22H21F7N6O2/c1-2-6-30-12-16(31-7-5-23)18-14-11-32-15(10-17(14)35(33-18)13-21(24,25)26)19(36)34-8-3-20(37,4-9-34)22(27,28)29/h2,5-7,10-12,31,37H,1,3-4,8-9,13H2/b7-5+,16-12-,30-6?. The van der Waals surface area contributed by atoms with Gasteiger partial charge in [0.25, 0.3) is 5.91 Å². The van der Waals surface area contributed by atoms with E-state index in [4.69, 9.17) is 0 Å². The molecule has 15 heteroatoms. The summed E-state index contributed by atoms with van der Waals surface area (Å²) in [7, 11) is 0. The fourth-order valence-electron chi connectivity index (χ4n) is 3.67. The average molecular weight is 534 g/mol. The van der Waals surface area contributed by atoms with Crippen molar-refractivity contribution in [3.63, 3.8) is 0 Å². The number of alkyl halides is 6. The van der Waals surface area contributed by atoms with Gasteiger partial charge >= 0.3 is 12.4 Å². The van der Waals surface area contributed by atoms with Crippen LogP contribution in [0.3, 0.4) is 0 Å². The van der Waals surface area contributed by atoms with Crippen molar-refractivity contribution < 1.29 is 40.6 Å². The third-order valence-electron chi connectivity index (χ3n) is 5.54. The van der Waals surface area contributed by atoms with Gasteiger partial charge in [0.2, 0.25) is 0 Å². The number of nitrogens with zero attached hydrogens (tertiary/aromatic N) is 5. The summed E-state index contributed by atoms with van der Waals surface area (Å²) in [5.74, 6) is -0.822. The Morgan fingerprint density at radius 3 is 2.49 bits per heavy atom. The molecular formula is C22H21F7N6O2. The maximum Gasteiger partial charge on any atom is 0.417 e. The number of carbonyl (C=O) groups excluding carboxylic acids is 1. The van der Waals surface area contributed by atoms with Gasteiger partial charge in [0.15, 0.2) is 5.60 Å². The highest BCUT2D eigenvalue weighted by atomic mass is 19.4. The van der Waals surface area contributed by atoms with Crippen LogP contribution in [0.25, 0.3) is 16.6 Å². The number of piperidine rings is 1. The van der Waals surface area contributed by atoms with Crippen molar-refractivity contribution in [1.29, 1.82) is 0 Å². The molecule has 0 bridgehead atoms. The van der Waals surface area contributed by atoms with Gasteiger partial charge in [-0.2, -0.15) is 31.4 Å². The zero-order valence-corrected chi connectivity index (χ0v) is 19.0. The van der Waals surface area contributed by atoms with E-state index < -0.39 is 56.3 Å². The summed E-state index contributed by atoms with van der Waals surface area (Å²) in [4.78, 5) is 21.8. The lowest BCUT2D eigenvalue weighted by Gasteiger charge is -2.38. The van der Waals surface area contributed by atoms with Crippen LogP contribution in [0, 0.1) is 0 Å². The third kappa shape index (κ3) is 6.34. The first kappa shape index (κ1) is 27.8. The number of allylic oxidation sites excluding steroid dienone is 1. The third-order valence-corrected chi connectivity index (χ3v) is 5.54. The van der Waals surface area contributed by atoms with E-state index >= 15 is 0 Å². The van der Waals surface area contributed by atoms with Crippen molar-refractivity contribution >= 4 is 28.7 Å². The predicted molar refractivity (Wildman–Crippen MR) is 120 cm³/mol. The van der Waals surface area contributed by atoms with Gasteiger partial charge in [-0.15, -0.1) is 0 Å². The molecule has 3 rings (SSSR count). The van der Waals surface area contributed by atoms with Gasteiger partial charge in [-0.3, -0.25) is 19.5 Å². The molecule has 0 spiro atoms. The van der Waals surface area contributed by atoms with Crippen LogP contribution in [-0.2, 0) is 6.54 Å². The molecule has 0 radical (unpaired) electrons. The van der Waals surface area contributed by atoms with Crippen LogP contribution in [0.4, 0.5) is 30.7 Å². The SMILES string of the molecule is C=CC=N/C=C(\N/C=C/F)c1nn(CC(F)(F)F)c2cc(C(=O)N3CCC(O)(C(F)(F)F)CC3)ncc12. The molecule has 0 aromatic carbocycles. The molecule has 0 aliphatic carbocycles. The number of aromatic nitrogens is 3. The summed E-state index contributed by atoms with van der Waals surface area (Å²) in [6.45, 7) is 1.03. The number of aliphatic imine (C=N–C) groups is 1. The van der Waals surface area contributed by atoms with Gasteiger partial charge in [-0.25, -0.2) is 4.39 Å². The zero-order chi connectivity index (χ0) is 27.4. The van der Waals surface area contributed by atoms with Gasteiger partial charge in [-0.05, 0) is 6.07 Å². The number of likely N-dealkylation sites (tertiary alicyclic amines) is 1. The number of fused-ring (bicyclic) bond motifs is 1. The Hall–Kier alpha value is -3.75. The topological polar surface area (TPSA) is 95.6 Å². The summed E-state index contributed by atoms with van der Waals surface area (Å²) in [5.41, 5.74) is -3.50. The average Bonchev–Trinajstić information content (AvgIpc) is 3.16. The van der Waals surface area contributed by atoms with Gasteiger partial charge < -0.3 is 15.3 Å². The van der Waals surface area contributed by atoms with E-state index in [-0.39, 0.29) is 34.3 Å². The van der Waals surface area contributed by atoms with Crippen LogP contribution in [0.2, 0.25) is 0 Å². The number of carbonyl (C=O) groups is 1. The van der Waals surface area contributed by atoms with Crippen molar-refractivity contribution in [3.8, 4) is 0 Å². The fraction of sp³-hybridized carbons (Fsp3) is 0.364. The number of nitrogens with one attached hydrogen (secondary N) is 1. The van der Waals surface area contributed by atoms with E-state index in [1.165, 1.54) is 12.3 Å². The summed E-state index contributed by atoms with van der Waals surface area (Å²) in [6.07, 6.45) is -5.24. The molecule has 1 aliphatic heterocycles. The van der Waals surface area contributed by atoms with Crippen molar-refractivity contribution in [1.82, 2.24) is 25.0 Å². The number of rotatable bonds is 7. The van der Waals surface area contributed by atoms with Crippen molar-refractivity contribution in [2.45, 2.75) is 37.3 Å². The Morgan fingerprint density at radius 1 is 1.24 bits per heavy atom. The maximum atomic E-state index is 13.3. The van der Waals surface area contributed by atoms with Gasteiger partial charge in [0, 0.05) is 49.9 Å². The molecule has 37 heavy (non-hydrogen) atoms. The molecule has 200 valence electrons. The summed E-state index contributed by atoms with van der Waals surface area (Å²) in [5, 5.41) is 16.3. The maximum absolute atomic E-state index is 13.3. The minimum atomic E-state index is -4.87. The minimum Gasteiger partial charge on any atom is -0.380 e. The minimum absolute atomic E-state index is 0.00117. The van der Waals surface area contributed by atoms with E-state index in [2.05, 4.69) is 27.0 Å². The first-order valence-corrected chi connectivity index (χ1v) is 10.7. The quantitative estimate of drug-likeness (QED) is 0.412. The molecule has 0 saturated carbocycles. The largest absolute Gasteiger partial charge is 0.417 e. The molecule has 2 aromatic heterocycles. The normalized spacial score (nSPS) is 17.2. The zero-order valence-electron chi connectivity index (χ0n) is 19.0. The molecule has 8 nitrogen and oxygen atoms in total. The summed E-state index contributed by atoms with van der Waals surface area (Å²) < 4.78 is 92.1. The second-order valence-electron chi connectivity index (χ2n) is 8.04. The van der Waals surface area contributed by atoms with E-state index in [0.717, 1.165) is 29.6 Å². The molecule has 1 aliphatic rings. The van der Waals surface area contributed by atoms with E-state index in [1.54, 1.807) is 0 Å². The summed E-state index contributed by atoms with van der Waals surface area (Å²) >= 11 is 0. The smallest absolute Gasteiger partial charge is 0.380 e. The Labute approximate surface area is 205 Å². The van der Waals surface area contributed by atoms with E-state index in [1.807, 2.05) is 0 Å². The van der Waals surface area contributed by atoms with Crippen LogP contribution >= 0.6 is 0 Å². The van der Waals surface area contributed by atoms with Crippen LogP contribution < -0.4 is 5.32 Å². The van der Waals surface area contributed by atoms with E-state index in [9.17, 15) is 40.6 Å². The lowest BCUT2D eigenvalue weighted by molar-refractivity contribution is -0.271. The number of hydrogen-bond donors (Lipinski definition) is 2. The Kier molecular flexibility index (Phi) is 8.05. The lowest BCUT2D eigenvalue weighted by atomic mass is 9.90. The van der Waals surface area contributed by atoms with Crippen LogP contribution in [0.5, 0.6) is 0 Å². The molecule has 3 heterocycles. The van der Waals surface area contributed by atoms with Crippen molar-refractivity contribution in [2.75, 3.05) is 13.1 Å². The Balaban J connectivity index is 2.01. The van der Waals surface area contributed by atoms with Crippen molar-refractivity contribution in [3.05, 3.63) is 55.0 Å². The number of halogens is 7. The van der Waals surface area contributed by atoms with Crippen LogP contribution in [0.1, 0.15) is 29.0 Å². The van der Waals surface area contributed by atoms with E-state index in [0.29, 0.717) is 4.68 Å². The van der Waals surface area contributed by atoms with Gasteiger partial charge in [0.1, 0.15) is 24.3 Å². The highest BCUT2D eigenvalue weighted by Gasteiger charge is 2.55. The second kappa shape index (κ2) is 10.7. The number of hydrogen-bond acceptors (Lipinski definition) is 6. The van der Waals surface area contributed by atoms with Crippen molar-refractivity contribution in [2.24, 2.45) is 4.99 Å². The molecule has 2 aromatic rings. The van der Waals surface area contributed by atoms with Crippen LogP contribution in [-0.4, -0.2) is 67.9 Å². The Morgan fingerprint density at radius 2 is 1.92 bits per heavy atom. The highest BCUT2D eigenvalue weighted by molar-refractivity contribution is 5.98. The molecule has 1 saturated heterocycles. The first-order valence-electron chi connectivity index (χ1n) is 10.7. The number of amides is 1. The molecular weight excluding hydrogens is 513 g/mol. The number of aliphatic hydroxyl groups is 1. The molecule has 2 N–H and O–H groups in total. The number of pyridine rings is 1. The molecule has 1 amide bonds. The summed E-state index contributed by atoms with van der Waals surface area (Å²) in [6, 6.07) is 1.04. The lowest BCUT2D eigenvalue weighted by Crippen LogP contribution is -2.54. The highest BCUT2D eigenvalue weighted by Crippen LogP contribution is 2.38. The van der Waals surface area contributed by atoms with Crippen LogP contribution in [0.15, 0.2) is 48.6 Å². The fourth-order valence-corrected chi connectivity index (χ4v) is 3.67.